The number of ether oxygens (including phenoxy) is 1. The Hall–Kier alpha value is -4.34. The number of carboxylic acid groups (broad SMARTS) is 1. The first kappa shape index (κ1) is 36.7. The van der Waals surface area contributed by atoms with Gasteiger partial charge in [0.05, 0.1) is 5.56 Å². The van der Waals surface area contributed by atoms with Gasteiger partial charge in [-0.25, -0.2) is 9.59 Å². The lowest BCUT2D eigenvalue weighted by atomic mass is 10.1. The second-order valence-corrected chi connectivity index (χ2v) is 9.13. The van der Waals surface area contributed by atoms with Crippen molar-refractivity contribution in [2.45, 2.75) is 64.5 Å². The van der Waals surface area contributed by atoms with Crippen LogP contribution in [0.1, 0.15) is 74.2 Å². The summed E-state index contributed by atoms with van der Waals surface area (Å²) in [5.41, 5.74) is -1.75. The lowest BCUT2D eigenvalue weighted by Crippen LogP contribution is -2.36. The fraction of sp³-hybridized carbons (Fsp3) is 0.364. The van der Waals surface area contributed by atoms with Gasteiger partial charge in [-0.1, -0.05) is 79.8 Å². The average Bonchev–Trinajstić information content (AvgIpc) is 2.96. The fourth-order valence-electron chi connectivity index (χ4n) is 3.40. The molecular formula is C33H41F3N2O5. The number of carboxylic acids is 1. The summed E-state index contributed by atoms with van der Waals surface area (Å²) < 4.78 is 43.4. The number of halogens is 3. The Morgan fingerprint density at radius 1 is 0.767 bits per heavy atom. The molecule has 0 aliphatic heterocycles. The number of carbonyl (C=O) groups excluding carboxylic acids is 2. The molecule has 0 saturated carbocycles. The van der Waals surface area contributed by atoms with Crippen molar-refractivity contribution in [1.82, 2.24) is 10.6 Å². The summed E-state index contributed by atoms with van der Waals surface area (Å²) in [6, 6.07) is 1.75. The molecule has 10 heteroatoms. The van der Waals surface area contributed by atoms with Gasteiger partial charge in [-0.3, -0.25) is 4.79 Å². The molecule has 0 bridgehead atoms. The van der Waals surface area contributed by atoms with E-state index in [-0.39, 0.29) is 25.4 Å². The Bertz CT molecular complexity index is 1180. The molecule has 0 radical (unpaired) electrons. The standard InChI is InChI=1S/C33H41F3N2O5/c1-2-3-4-5-6-7-8-9-10-11-12-13-14-15-16-17-18-19-20-21-30(39)37-24-25-38-32(42)43-29-26-27(33(34,35)36)22-23-28(29)31(40)41/h3-4,6-7,9-10,12-13,15-16,18-19,22-23,26H,2,5,8,11,14,17,20-21,24-25H2,1H3,(H,37,39)(H,38,42)(H,40,41)/b4-3-,7-6-,10-9-,13-12-,16-15-,19-18-. The number of aromatic carboxylic acids is 1. The van der Waals surface area contributed by atoms with Gasteiger partial charge in [0.15, 0.2) is 0 Å². The van der Waals surface area contributed by atoms with Crippen LogP contribution in [0.3, 0.4) is 0 Å². The van der Waals surface area contributed by atoms with E-state index in [2.05, 4.69) is 78.3 Å². The van der Waals surface area contributed by atoms with Crippen LogP contribution in [-0.4, -0.2) is 36.2 Å². The van der Waals surface area contributed by atoms with Gasteiger partial charge in [-0.2, -0.15) is 13.2 Å². The molecule has 0 aliphatic carbocycles. The van der Waals surface area contributed by atoms with Gasteiger partial charge in [0, 0.05) is 19.5 Å². The lowest BCUT2D eigenvalue weighted by molar-refractivity contribution is -0.137. The molecule has 3 N–H and O–H groups in total. The second kappa shape index (κ2) is 22.3. The monoisotopic (exact) mass is 602 g/mol. The van der Waals surface area contributed by atoms with Gasteiger partial charge in [0.2, 0.25) is 5.91 Å². The molecule has 0 fully saturated rings. The first-order valence-corrected chi connectivity index (χ1v) is 14.2. The van der Waals surface area contributed by atoms with E-state index in [1.807, 2.05) is 12.2 Å². The van der Waals surface area contributed by atoms with Crippen LogP contribution in [-0.2, 0) is 11.0 Å². The fourth-order valence-corrected chi connectivity index (χ4v) is 3.40. The lowest BCUT2D eigenvalue weighted by Gasteiger charge is -2.12. The third-order valence-electron chi connectivity index (χ3n) is 5.59. The largest absolute Gasteiger partial charge is 0.478 e. The number of allylic oxidation sites excluding steroid dienone is 12. The maximum atomic E-state index is 12.9. The molecule has 1 rings (SSSR count). The van der Waals surface area contributed by atoms with Crippen LogP contribution in [0.15, 0.2) is 91.1 Å². The van der Waals surface area contributed by atoms with Crippen molar-refractivity contribution in [1.29, 1.82) is 0 Å². The highest BCUT2D eigenvalue weighted by molar-refractivity contribution is 5.92. The minimum atomic E-state index is -4.74. The number of carbonyl (C=O) groups is 3. The van der Waals surface area contributed by atoms with E-state index >= 15 is 0 Å². The van der Waals surface area contributed by atoms with Crippen molar-refractivity contribution >= 4 is 18.0 Å². The molecule has 2 amide bonds. The number of nitrogens with one attached hydrogen (secondary N) is 2. The summed E-state index contributed by atoms with van der Waals surface area (Å²) in [5.74, 6) is -2.52. The minimum absolute atomic E-state index is 0.0616. The smallest absolute Gasteiger partial charge is 0.416 e. The second-order valence-electron chi connectivity index (χ2n) is 9.13. The van der Waals surface area contributed by atoms with Crippen molar-refractivity contribution in [3.05, 3.63) is 102 Å². The molecule has 43 heavy (non-hydrogen) atoms. The first-order valence-electron chi connectivity index (χ1n) is 14.2. The molecule has 234 valence electrons. The topological polar surface area (TPSA) is 105 Å². The van der Waals surface area contributed by atoms with Crippen LogP contribution < -0.4 is 15.4 Å². The summed E-state index contributed by atoms with van der Waals surface area (Å²) in [5, 5.41) is 14.0. The molecule has 1 aromatic carbocycles. The Labute approximate surface area is 251 Å². The van der Waals surface area contributed by atoms with E-state index in [4.69, 9.17) is 9.84 Å². The van der Waals surface area contributed by atoms with Gasteiger partial charge < -0.3 is 20.5 Å². The Balaban J connectivity index is 2.16. The van der Waals surface area contributed by atoms with Crippen molar-refractivity contribution in [2.24, 2.45) is 0 Å². The van der Waals surface area contributed by atoms with Gasteiger partial charge in [-0.15, -0.1) is 0 Å². The zero-order valence-corrected chi connectivity index (χ0v) is 24.4. The predicted molar refractivity (Wildman–Crippen MR) is 163 cm³/mol. The van der Waals surface area contributed by atoms with E-state index in [0.717, 1.165) is 38.5 Å². The third-order valence-corrected chi connectivity index (χ3v) is 5.59. The molecule has 0 heterocycles. The zero-order valence-electron chi connectivity index (χ0n) is 24.4. The number of rotatable bonds is 19. The van der Waals surface area contributed by atoms with Crippen LogP contribution in [0.4, 0.5) is 18.0 Å². The van der Waals surface area contributed by atoms with Crippen LogP contribution in [0, 0.1) is 0 Å². The van der Waals surface area contributed by atoms with Gasteiger partial charge in [0.25, 0.3) is 0 Å². The van der Waals surface area contributed by atoms with Crippen LogP contribution >= 0.6 is 0 Å². The van der Waals surface area contributed by atoms with Gasteiger partial charge in [0.1, 0.15) is 11.3 Å². The van der Waals surface area contributed by atoms with Gasteiger partial charge >= 0.3 is 18.2 Å². The normalized spacial score (nSPS) is 12.5. The molecular weight excluding hydrogens is 561 g/mol. The average molecular weight is 603 g/mol. The van der Waals surface area contributed by atoms with Crippen molar-refractivity contribution < 1.29 is 37.4 Å². The molecule has 7 nitrogen and oxygen atoms in total. The molecule has 0 aliphatic rings. The van der Waals surface area contributed by atoms with E-state index in [1.54, 1.807) is 0 Å². The highest BCUT2D eigenvalue weighted by Gasteiger charge is 2.32. The molecule has 0 spiro atoms. The van der Waals surface area contributed by atoms with E-state index < -0.39 is 35.1 Å². The Morgan fingerprint density at radius 3 is 1.74 bits per heavy atom. The van der Waals surface area contributed by atoms with Crippen LogP contribution in [0.2, 0.25) is 0 Å². The summed E-state index contributed by atoms with van der Waals surface area (Å²) in [6.45, 7) is 2.12. The van der Waals surface area contributed by atoms with Crippen molar-refractivity contribution in [3.63, 3.8) is 0 Å². The Morgan fingerprint density at radius 2 is 1.26 bits per heavy atom. The third kappa shape index (κ3) is 18.7. The Kier molecular flexibility index (Phi) is 19.0. The summed E-state index contributed by atoms with van der Waals surface area (Å²) in [4.78, 5) is 35.0. The highest BCUT2D eigenvalue weighted by atomic mass is 19.4. The number of alkyl halides is 3. The van der Waals surface area contributed by atoms with Crippen molar-refractivity contribution in [2.75, 3.05) is 13.1 Å². The number of benzene rings is 1. The van der Waals surface area contributed by atoms with E-state index in [1.165, 1.54) is 0 Å². The SMILES string of the molecule is CC/C=C\C/C=C\C/C=C\C/C=C\C/C=C\C/C=C\CCC(=O)NCCNC(=O)Oc1cc(C(F)(F)F)ccc1C(=O)O. The summed E-state index contributed by atoms with van der Waals surface area (Å²) >= 11 is 0. The molecule has 1 aromatic rings. The summed E-state index contributed by atoms with van der Waals surface area (Å²) in [7, 11) is 0. The first-order chi connectivity index (χ1) is 20.6. The van der Waals surface area contributed by atoms with Crippen molar-refractivity contribution in [3.8, 4) is 5.75 Å². The van der Waals surface area contributed by atoms with Crippen LogP contribution in [0.25, 0.3) is 0 Å². The summed E-state index contributed by atoms with van der Waals surface area (Å²) in [6.07, 6.45) is 25.7. The quantitative estimate of drug-likeness (QED) is 0.110. The number of hydrogen-bond acceptors (Lipinski definition) is 4. The maximum Gasteiger partial charge on any atom is 0.416 e. The molecule has 0 unspecified atom stereocenters. The number of hydrogen-bond donors (Lipinski definition) is 3. The highest BCUT2D eigenvalue weighted by Crippen LogP contribution is 2.33. The van der Waals surface area contributed by atoms with Crippen LogP contribution in [0.5, 0.6) is 5.75 Å². The van der Waals surface area contributed by atoms with E-state index in [0.29, 0.717) is 24.6 Å². The zero-order chi connectivity index (χ0) is 31.8. The van der Waals surface area contributed by atoms with Gasteiger partial charge in [-0.05, 0) is 63.1 Å². The molecule has 0 saturated heterocycles. The van der Waals surface area contributed by atoms with E-state index in [9.17, 15) is 27.6 Å². The minimum Gasteiger partial charge on any atom is -0.478 e. The predicted octanol–water partition coefficient (Wildman–Crippen LogP) is 8.09. The molecule has 0 aromatic heterocycles. The maximum absolute atomic E-state index is 12.9. The number of amides is 2. The molecule has 0 atom stereocenters.